The molecule has 3 aromatic rings. The van der Waals surface area contributed by atoms with Gasteiger partial charge in [-0.1, -0.05) is 17.7 Å². The molecule has 3 heterocycles. The molecule has 1 aromatic carbocycles. The molecule has 8 nitrogen and oxygen atoms in total. The molecule has 0 aliphatic carbocycles. The van der Waals surface area contributed by atoms with Crippen LogP contribution in [0.15, 0.2) is 71.0 Å². The SMILES string of the molecule is Cc1ccc(OCCn2cccc2/C=C2\C(=O)NC(=O)N(Cc3ccco3)C2=O)cc1. The van der Waals surface area contributed by atoms with Crippen molar-refractivity contribution in [2.24, 2.45) is 0 Å². The van der Waals surface area contributed by atoms with Crippen molar-refractivity contribution in [1.29, 1.82) is 0 Å². The van der Waals surface area contributed by atoms with Crippen molar-refractivity contribution in [3.8, 4) is 5.75 Å². The molecule has 4 rings (SSSR count). The van der Waals surface area contributed by atoms with Crippen molar-refractivity contribution < 1.29 is 23.5 Å². The summed E-state index contributed by atoms with van der Waals surface area (Å²) in [5.41, 5.74) is 1.69. The van der Waals surface area contributed by atoms with E-state index in [1.165, 1.54) is 12.3 Å². The third kappa shape index (κ3) is 4.58. The summed E-state index contributed by atoms with van der Waals surface area (Å²) < 4.78 is 12.8. The van der Waals surface area contributed by atoms with Crippen molar-refractivity contribution in [2.75, 3.05) is 6.61 Å². The Labute approximate surface area is 178 Å². The van der Waals surface area contributed by atoms with E-state index in [2.05, 4.69) is 5.32 Å². The Morgan fingerprint density at radius 1 is 1.06 bits per heavy atom. The fourth-order valence-corrected chi connectivity index (χ4v) is 3.20. The van der Waals surface area contributed by atoms with Gasteiger partial charge in [-0.25, -0.2) is 4.79 Å². The molecule has 1 saturated heterocycles. The standard InChI is InChI=1S/C23H21N3O5/c1-16-6-8-18(9-7-16)31-13-11-25-10-2-4-17(25)14-20-21(27)24-23(29)26(22(20)28)15-19-5-3-12-30-19/h2-10,12,14H,11,13,15H2,1H3,(H,24,27,29)/b20-14+. The molecule has 0 spiro atoms. The molecule has 1 N–H and O–H groups in total. The summed E-state index contributed by atoms with van der Waals surface area (Å²) in [5, 5.41) is 2.21. The van der Waals surface area contributed by atoms with Crippen molar-refractivity contribution in [2.45, 2.75) is 20.0 Å². The average molecular weight is 419 g/mol. The first-order valence-electron chi connectivity index (χ1n) is 9.77. The summed E-state index contributed by atoms with van der Waals surface area (Å²) in [7, 11) is 0. The predicted molar refractivity (Wildman–Crippen MR) is 112 cm³/mol. The van der Waals surface area contributed by atoms with Crippen molar-refractivity contribution >= 4 is 23.9 Å². The van der Waals surface area contributed by atoms with Crippen LogP contribution in [0.25, 0.3) is 6.08 Å². The summed E-state index contributed by atoms with van der Waals surface area (Å²) in [5.74, 6) is -0.191. The maximum absolute atomic E-state index is 12.8. The van der Waals surface area contributed by atoms with Gasteiger partial charge in [0, 0.05) is 11.9 Å². The number of aryl methyl sites for hydroxylation is 1. The Morgan fingerprint density at radius 2 is 1.87 bits per heavy atom. The number of carbonyl (C=O) groups excluding carboxylic acids is 3. The van der Waals surface area contributed by atoms with Gasteiger partial charge in [0.25, 0.3) is 11.8 Å². The lowest BCUT2D eigenvalue weighted by molar-refractivity contribution is -0.130. The van der Waals surface area contributed by atoms with Crippen LogP contribution in [-0.4, -0.2) is 33.9 Å². The van der Waals surface area contributed by atoms with Gasteiger partial charge in [-0.2, -0.15) is 0 Å². The average Bonchev–Trinajstić information content (AvgIpc) is 3.42. The number of hydrogen-bond acceptors (Lipinski definition) is 5. The number of furan rings is 1. The molecule has 2 aromatic heterocycles. The zero-order valence-corrected chi connectivity index (χ0v) is 16.9. The minimum atomic E-state index is -0.773. The van der Waals surface area contributed by atoms with E-state index < -0.39 is 17.8 Å². The molecular formula is C23H21N3O5. The lowest BCUT2D eigenvalue weighted by Gasteiger charge is -2.25. The molecule has 0 saturated carbocycles. The quantitative estimate of drug-likeness (QED) is 0.469. The topological polar surface area (TPSA) is 93.8 Å². The van der Waals surface area contributed by atoms with E-state index in [4.69, 9.17) is 9.15 Å². The molecule has 0 bridgehead atoms. The van der Waals surface area contributed by atoms with E-state index in [1.807, 2.05) is 48.0 Å². The number of nitrogens with zero attached hydrogens (tertiary/aromatic N) is 2. The number of rotatable bonds is 7. The van der Waals surface area contributed by atoms with Crippen molar-refractivity contribution in [3.05, 3.63) is 83.6 Å². The first kappa shape index (κ1) is 20.2. The predicted octanol–water partition coefficient (Wildman–Crippen LogP) is 3.13. The van der Waals surface area contributed by atoms with Gasteiger partial charge in [-0.05, 0) is 49.4 Å². The molecule has 0 atom stereocenters. The van der Waals surface area contributed by atoms with Crippen LogP contribution in [0.2, 0.25) is 0 Å². The number of ether oxygens (including phenoxy) is 1. The van der Waals surface area contributed by atoms with Crippen LogP contribution in [0, 0.1) is 6.92 Å². The summed E-state index contributed by atoms with van der Waals surface area (Å²) in [6.07, 6.45) is 4.77. The normalized spacial score (nSPS) is 15.5. The summed E-state index contributed by atoms with van der Waals surface area (Å²) in [4.78, 5) is 38.2. The third-order valence-corrected chi connectivity index (χ3v) is 4.86. The van der Waals surface area contributed by atoms with Crippen LogP contribution in [0.1, 0.15) is 17.0 Å². The highest BCUT2D eigenvalue weighted by atomic mass is 16.5. The number of hydrogen-bond donors (Lipinski definition) is 1. The minimum Gasteiger partial charge on any atom is -0.492 e. The molecule has 31 heavy (non-hydrogen) atoms. The Morgan fingerprint density at radius 3 is 2.61 bits per heavy atom. The Hall–Kier alpha value is -4.07. The number of amides is 4. The van der Waals surface area contributed by atoms with Crippen LogP contribution in [-0.2, 0) is 22.7 Å². The molecule has 158 valence electrons. The maximum atomic E-state index is 12.8. The minimum absolute atomic E-state index is 0.0618. The number of imide groups is 2. The van der Waals surface area contributed by atoms with E-state index in [-0.39, 0.29) is 12.1 Å². The van der Waals surface area contributed by atoms with Crippen molar-refractivity contribution in [1.82, 2.24) is 14.8 Å². The number of nitrogens with one attached hydrogen (secondary N) is 1. The highest BCUT2D eigenvalue weighted by Crippen LogP contribution is 2.18. The van der Waals surface area contributed by atoms with E-state index in [1.54, 1.807) is 18.2 Å². The molecule has 1 fully saturated rings. The lowest BCUT2D eigenvalue weighted by atomic mass is 10.1. The highest BCUT2D eigenvalue weighted by Gasteiger charge is 2.36. The van der Waals surface area contributed by atoms with Gasteiger partial charge in [0.15, 0.2) is 0 Å². The van der Waals surface area contributed by atoms with Gasteiger partial charge in [-0.3, -0.25) is 19.8 Å². The first-order valence-corrected chi connectivity index (χ1v) is 9.77. The Kier molecular flexibility index (Phi) is 5.70. The molecule has 0 radical (unpaired) electrons. The fourth-order valence-electron chi connectivity index (χ4n) is 3.20. The second-order valence-electron chi connectivity index (χ2n) is 7.08. The zero-order chi connectivity index (χ0) is 21.8. The number of barbiturate groups is 1. The van der Waals surface area contributed by atoms with Crippen LogP contribution >= 0.6 is 0 Å². The Bertz CT molecular complexity index is 1130. The number of urea groups is 1. The fraction of sp³-hybridized carbons (Fsp3) is 0.174. The van der Waals surface area contributed by atoms with Crippen LogP contribution in [0.5, 0.6) is 5.75 Å². The second-order valence-corrected chi connectivity index (χ2v) is 7.08. The van der Waals surface area contributed by atoms with Gasteiger partial charge in [0.1, 0.15) is 23.7 Å². The van der Waals surface area contributed by atoms with Crippen LogP contribution in [0.3, 0.4) is 0 Å². The van der Waals surface area contributed by atoms with Gasteiger partial charge < -0.3 is 13.7 Å². The number of aromatic nitrogens is 1. The smallest absolute Gasteiger partial charge is 0.331 e. The zero-order valence-electron chi connectivity index (χ0n) is 16.9. The molecular weight excluding hydrogens is 398 g/mol. The summed E-state index contributed by atoms with van der Waals surface area (Å²) >= 11 is 0. The monoisotopic (exact) mass is 419 g/mol. The van der Waals surface area contributed by atoms with Gasteiger partial charge in [-0.15, -0.1) is 0 Å². The van der Waals surface area contributed by atoms with E-state index in [0.717, 1.165) is 16.2 Å². The summed E-state index contributed by atoms with van der Waals surface area (Å²) in [6.45, 7) is 2.88. The van der Waals surface area contributed by atoms with Gasteiger partial charge >= 0.3 is 6.03 Å². The number of benzene rings is 1. The largest absolute Gasteiger partial charge is 0.492 e. The lowest BCUT2D eigenvalue weighted by Crippen LogP contribution is -2.53. The summed E-state index contributed by atoms with van der Waals surface area (Å²) in [6, 6.07) is 13.9. The Balaban J connectivity index is 1.47. The van der Waals surface area contributed by atoms with Gasteiger partial charge in [0.2, 0.25) is 0 Å². The van der Waals surface area contributed by atoms with Crippen LogP contribution in [0.4, 0.5) is 4.79 Å². The molecule has 1 aliphatic rings. The van der Waals surface area contributed by atoms with E-state index >= 15 is 0 Å². The maximum Gasteiger partial charge on any atom is 0.331 e. The molecule has 1 aliphatic heterocycles. The highest BCUT2D eigenvalue weighted by molar-refractivity contribution is 6.30. The molecule has 8 heteroatoms. The number of carbonyl (C=O) groups is 3. The van der Waals surface area contributed by atoms with Crippen molar-refractivity contribution in [3.63, 3.8) is 0 Å². The first-order chi connectivity index (χ1) is 15.0. The second kappa shape index (κ2) is 8.74. The van der Waals surface area contributed by atoms with E-state index in [0.29, 0.717) is 24.6 Å². The van der Waals surface area contributed by atoms with Gasteiger partial charge in [0.05, 0.1) is 19.4 Å². The van der Waals surface area contributed by atoms with E-state index in [9.17, 15) is 14.4 Å². The third-order valence-electron chi connectivity index (χ3n) is 4.86. The van der Waals surface area contributed by atoms with Crippen LogP contribution < -0.4 is 10.1 Å². The molecule has 4 amide bonds. The molecule has 0 unspecified atom stereocenters.